The van der Waals surface area contributed by atoms with E-state index in [1.54, 1.807) is 0 Å². The molecule has 112 valence electrons. The Morgan fingerprint density at radius 1 is 1.43 bits per heavy atom. The van der Waals surface area contributed by atoms with Crippen molar-refractivity contribution in [1.29, 1.82) is 0 Å². The van der Waals surface area contributed by atoms with Crippen LogP contribution in [0.2, 0.25) is 0 Å². The van der Waals surface area contributed by atoms with Crippen molar-refractivity contribution < 1.29 is 4.74 Å². The fourth-order valence-corrected chi connectivity index (χ4v) is 3.07. The van der Waals surface area contributed by atoms with Crippen LogP contribution in [0.15, 0.2) is 30.6 Å². The van der Waals surface area contributed by atoms with Gasteiger partial charge in [0, 0.05) is 24.3 Å². The van der Waals surface area contributed by atoms with E-state index in [1.165, 1.54) is 24.0 Å². The summed E-state index contributed by atoms with van der Waals surface area (Å²) in [6, 6.07) is 6.86. The van der Waals surface area contributed by atoms with Gasteiger partial charge in [-0.05, 0) is 50.4 Å². The molecular weight excluding hydrogens is 262 g/mol. The lowest BCUT2D eigenvalue weighted by molar-refractivity contribution is 0.299. The normalized spacial score (nSPS) is 17.5. The van der Waals surface area contributed by atoms with Gasteiger partial charge in [0.15, 0.2) is 0 Å². The van der Waals surface area contributed by atoms with Crippen molar-refractivity contribution in [3.8, 4) is 5.75 Å². The molecule has 0 fully saturated rings. The molecule has 0 amide bonds. The van der Waals surface area contributed by atoms with Crippen molar-refractivity contribution in [3.05, 3.63) is 47.3 Å². The van der Waals surface area contributed by atoms with Crippen LogP contribution in [0.4, 0.5) is 0 Å². The Labute approximate surface area is 126 Å². The Hall–Kier alpha value is -1.81. The quantitative estimate of drug-likeness (QED) is 0.917. The van der Waals surface area contributed by atoms with Gasteiger partial charge in [-0.15, -0.1) is 0 Å². The zero-order chi connectivity index (χ0) is 14.7. The monoisotopic (exact) mass is 285 g/mol. The second kappa shape index (κ2) is 6.31. The molecule has 4 nitrogen and oxygen atoms in total. The van der Waals surface area contributed by atoms with E-state index < -0.39 is 0 Å². The molecule has 0 aliphatic heterocycles. The minimum Gasteiger partial charge on any atom is -0.488 e. The second-order valence-electron chi connectivity index (χ2n) is 5.55. The first-order valence-electron chi connectivity index (χ1n) is 7.75. The summed E-state index contributed by atoms with van der Waals surface area (Å²) >= 11 is 0. The van der Waals surface area contributed by atoms with Crippen LogP contribution in [0.5, 0.6) is 5.75 Å². The van der Waals surface area contributed by atoms with Crippen molar-refractivity contribution in [2.75, 3.05) is 7.05 Å². The van der Waals surface area contributed by atoms with Gasteiger partial charge in [-0.25, -0.2) is 0 Å². The Morgan fingerprint density at radius 3 is 3.10 bits per heavy atom. The maximum absolute atomic E-state index is 6.06. The van der Waals surface area contributed by atoms with Gasteiger partial charge in [-0.1, -0.05) is 12.1 Å². The minimum absolute atomic E-state index is 0.458. The average Bonchev–Trinajstić information content (AvgIpc) is 3.00. The SMILES string of the molecule is CCn1cc(COc2cccc3c2CCCC3NC)cn1. The van der Waals surface area contributed by atoms with Crippen molar-refractivity contribution in [2.24, 2.45) is 0 Å². The van der Waals surface area contributed by atoms with Gasteiger partial charge >= 0.3 is 0 Å². The molecule has 1 aliphatic rings. The molecule has 0 saturated heterocycles. The van der Waals surface area contributed by atoms with Gasteiger partial charge in [0.1, 0.15) is 12.4 Å². The highest BCUT2D eigenvalue weighted by atomic mass is 16.5. The predicted molar refractivity (Wildman–Crippen MR) is 83.4 cm³/mol. The first-order chi connectivity index (χ1) is 10.3. The first-order valence-corrected chi connectivity index (χ1v) is 7.75. The third kappa shape index (κ3) is 2.95. The zero-order valence-corrected chi connectivity index (χ0v) is 12.8. The number of hydrogen-bond acceptors (Lipinski definition) is 3. The van der Waals surface area contributed by atoms with Crippen molar-refractivity contribution in [2.45, 2.75) is 45.4 Å². The van der Waals surface area contributed by atoms with Gasteiger partial charge in [0.25, 0.3) is 0 Å². The molecule has 1 aliphatic carbocycles. The molecule has 0 saturated carbocycles. The number of aryl methyl sites for hydroxylation is 1. The molecule has 0 spiro atoms. The summed E-state index contributed by atoms with van der Waals surface area (Å²) in [7, 11) is 2.03. The summed E-state index contributed by atoms with van der Waals surface area (Å²) in [5.74, 6) is 1.02. The molecule has 2 aromatic rings. The number of nitrogens with one attached hydrogen (secondary N) is 1. The maximum atomic E-state index is 6.06. The third-order valence-electron chi connectivity index (χ3n) is 4.22. The molecule has 1 atom stereocenters. The van der Waals surface area contributed by atoms with Gasteiger partial charge < -0.3 is 10.1 Å². The number of rotatable bonds is 5. The lowest BCUT2D eigenvalue weighted by atomic mass is 9.87. The molecule has 0 bridgehead atoms. The first kappa shape index (κ1) is 14.1. The maximum Gasteiger partial charge on any atom is 0.123 e. The Morgan fingerprint density at radius 2 is 2.33 bits per heavy atom. The van der Waals surface area contributed by atoms with Crippen LogP contribution in [-0.4, -0.2) is 16.8 Å². The van der Waals surface area contributed by atoms with E-state index in [4.69, 9.17) is 4.74 Å². The zero-order valence-electron chi connectivity index (χ0n) is 12.8. The van der Waals surface area contributed by atoms with Crippen molar-refractivity contribution >= 4 is 0 Å². The van der Waals surface area contributed by atoms with Crippen LogP contribution in [0.1, 0.15) is 42.5 Å². The molecule has 1 heterocycles. The molecule has 1 unspecified atom stereocenters. The van der Waals surface area contributed by atoms with Crippen LogP contribution in [0.3, 0.4) is 0 Å². The fraction of sp³-hybridized carbons (Fsp3) is 0.471. The van der Waals surface area contributed by atoms with Crippen molar-refractivity contribution in [1.82, 2.24) is 15.1 Å². The van der Waals surface area contributed by atoms with Crippen LogP contribution < -0.4 is 10.1 Å². The highest BCUT2D eigenvalue weighted by molar-refractivity contribution is 5.43. The van der Waals surface area contributed by atoms with Gasteiger partial charge in [-0.3, -0.25) is 4.68 Å². The van der Waals surface area contributed by atoms with Crippen LogP contribution in [0.25, 0.3) is 0 Å². The Balaban J connectivity index is 1.76. The topological polar surface area (TPSA) is 39.1 Å². The number of fused-ring (bicyclic) bond motifs is 1. The molecule has 1 aromatic heterocycles. The van der Waals surface area contributed by atoms with E-state index in [1.807, 2.05) is 24.1 Å². The van der Waals surface area contributed by atoms with E-state index in [0.29, 0.717) is 12.6 Å². The lowest BCUT2D eigenvalue weighted by Crippen LogP contribution is -2.22. The standard InChI is InChI=1S/C17H23N3O/c1-3-20-11-13(10-19-20)12-21-17-9-5-6-14-15(17)7-4-8-16(14)18-2/h5-6,9-11,16,18H,3-4,7-8,12H2,1-2H3. The van der Waals surface area contributed by atoms with Crippen LogP contribution in [-0.2, 0) is 19.6 Å². The molecule has 3 rings (SSSR count). The molecule has 1 aromatic carbocycles. The number of aromatic nitrogens is 2. The fourth-order valence-electron chi connectivity index (χ4n) is 3.07. The molecule has 0 radical (unpaired) electrons. The summed E-state index contributed by atoms with van der Waals surface area (Å²) in [5.41, 5.74) is 3.88. The average molecular weight is 285 g/mol. The summed E-state index contributed by atoms with van der Waals surface area (Å²) in [4.78, 5) is 0. The highest BCUT2D eigenvalue weighted by Gasteiger charge is 2.21. The molecule has 21 heavy (non-hydrogen) atoms. The Bertz CT molecular complexity index is 606. The molecule has 4 heteroatoms. The molecular formula is C17H23N3O. The third-order valence-corrected chi connectivity index (χ3v) is 4.22. The Kier molecular flexibility index (Phi) is 4.25. The summed E-state index contributed by atoms with van der Waals surface area (Å²) in [6.07, 6.45) is 7.46. The summed E-state index contributed by atoms with van der Waals surface area (Å²) < 4.78 is 7.99. The van der Waals surface area contributed by atoms with E-state index in [-0.39, 0.29) is 0 Å². The number of ether oxygens (including phenoxy) is 1. The van der Waals surface area contributed by atoms with Crippen LogP contribution in [0, 0.1) is 0 Å². The van der Waals surface area contributed by atoms with E-state index in [0.717, 1.165) is 24.3 Å². The predicted octanol–water partition coefficient (Wildman–Crippen LogP) is 3.08. The van der Waals surface area contributed by atoms with Gasteiger partial charge in [0.2, 0.25) is 0 Å². The minimum atomic E-state index is 0.458. The number of hydrogen-bond donors (Lipinski definition) is 1. The van der Waals surface area contributed by atoms with E-state index in [2.05, 4.69) is 35.5 Å². The highest BCUT2D eigenvalue weighted by Crippen LogP contribution is 2.35. The van der Waals surface area contributed by atoms with Gasteiger partial charge in [-0.2, -0.15) is 5.10 Å². The van der Waals surface area contributed by atoms with Crippen LogP contribution >= 0.6 is 0 Å². The van der Waals surface area contributed by atoms with E-state index in [9.17, 15) is 0 Å². The number of benzene rings is 1. The summed E-state index contributed by atoms with van der Waals surface area (Å²) in [5, 5.41) is 7.69. The van der Waals surface area contributed by atoms with Crippen molar-refractivity contribution in [3.63, 3.8) is 0 Å². The van der Waals surface area contributed by atoms with E-state index >= 15 is 0 Å². The smallest absolute Gasteiger partial charge is 0.123 e. The lowest BCUT2D eigenvalue weighted by Gasteiger charge is -2.26. The summed E-state index contributed by atoms with van der Waals surface area (Å²) in [6.45, 7) is 3.56. The second-order valence-corrected chi connectivity index (χ2v) is 5.55. The molecule has 1 N–H and O–H groups in total. The largest absolute Gasteiger partial charge is 0.488 e. The van der Waals surface area contributed by atoms with Gasteiger partial charge in [0.05, 0.1) is 6.20 Å². The number of nitrogens with zero attached hydrogens (tertiary/aromatic N) is 2.